The van der Waals surface area contributed by atoms with E-state index in [0.29, 0.717) is 11.7 Å². The number of anilines is 1. The summed E-state index contributed by atoms with van der Waals surface area (Å²) < 4.78 is 6.40. The minimum atomic E-state index is -0.0443. The number of hydrogen-bond acceptors (Lipinski definition) is 4. The summed E-state index contributed by atoms with van der Waals surface area (Å²) in [6.07, 6.45) is 1.61. The van der Waals surface area contributed by atoms with Crippen LogP contribution >= 0.6 is 11.3 Å². The lowest BCUT2D eigenvalue weighted by Gasteiger charge is -2.15. The number of aromatic nitrogens is 1. The molecule has 0 unspecified atom stereocenters. The van der Waals surface area contributed by atoms with Gasteiger partial charge in [-0.1, -0.05) is 17.4 Å². The molecule has 1 aromatic carbocycles. The van der Waals surface area contributed by atoms with Crippen molar-refractivity contribution in [3.63, 3.8) is 0 Å². The summed E-state index contributed by atoms with van der Waals surface area (Å²) in [5.41, 5.74) is 2.11. The highest BCUT2D eigenvalue weighted by molar-refractivity contribution is 7.22. The number of nitrogens with zero attached hydrogens (tertiary/aromatic N) is 2. The molecule has 0 N–H and O–H groups in total. The van der Waals surface area contributed by atoms with Crippen LogP contribution in [0.15, 0.2) is 41.0 Å². The third kappa shape index (κ3) is 2.44. The fourth-order valence-corrected chi connectivity index (χ4v) is 3.11. The van der Waals surface area contributed by atoms with E-state index in [4.69, 9.17) is 4.42 Å². The van der Waals surface area contributed by atoms with Crippen molar-refractivity contribution in [2.24, 2.45) is 0 Å². The minimum Gasteiger partial charge on any atom is -0.467 e. The van der Waals surface area contributed by atoms with Gasteiger partial charge in [0.15, 0.2) is 5.13 Å². The molecule has 1 amide bonds. The van der Waals surface area contributed by atoms with E-state index in [2.05, 4.69) is 11.1 Å². The second kappa shape index (κ2) is 5.09. The Morgan fingerprint density at radius 2 is 2.25 bits per heavy atom. The van der Waals surface area contributed by atoms with Crippen LogP contribution in [0.1, 0.15) is 18.2 Å². The average Bonchev–Trinajstić information content (AvgIpc) is 3.03. The minimum absolute atomic E-state index is 0.0443. The predicted molar refractivity (Wildman–Crippen MR) is 79.9 cm³/mol. The number of carbonyl (C=O) groups excluding carboxylic acids is 1. The molecule has 0 radical (unpaired) electrons. The molecule has 0 aliphatic rings. The fraction of sp³-hybridized carbons (Fsp3) is 0.200. The summed E-state index contributed by atoms with van der Waals surface area (Å²) in [7, 11) is 0. The third-order valence-corrected chi connectivity index (χ3v) is 4.08. The van der Waals surface area contributed by atoms with Crippen molar-refractivity contribution in [2.45, 2.75) is 20.4 Å². The topological polar surface area (TPSA) is 46.3 Å². The first-order chi connectivity index (χ1) is 9.63. The van der Waals surface area contributed by atoms with Crippen molar-refractivity contribution in [3.8, 4) is 0 Å². The van der Waals surface area contributed by atoms with Gasteiger partial charge in [-0.25, -0.2) is 4.98 Å². The van der Waals surface area contributed by atoms with Crippen LogP contribution in [0.4, 0.5) is 5.13 Å². The first kappa shape index (κ1) is 12.9. The lowest BCUT2D eigenvalue weighted by Crippen LogP contribution is -2.27. The number of thiazole rings is 1. The van der Waals surface area contributed by atoms with Crippen molar-refractivity contribution in [1.29, 1.82) is 0 Å². The van der Waals surface area contributed by atoms with Gasteiger partial charge in [0.05, 0.1) is 23.0 Å². The van der Waals surface area contributed by atoms with Crippen LogP contribution in [-0.4, -0.2) is 10.9 Å². The Morgan fingerprint density at radius 1 is 1.40 bits per heavy atom. The molecule has 0 bridgehead atoms. The molecule has 0 fully saturated rings. The maximum atomic E-state index is 11.9. The highest BCUT2D eigenvalue weighted by Crippen LogP contribution is 2.30. The normalized spacial score (nSPS) is 10.9. The maximum absolute atomic E-state index is 11.9. The molecule has 0 saturated heterocycles. The summed E-state index contributed by atoms with van der Waals surface area (Å²) in [6, 6.07) is 9.76. The van der Waals surface area contributed by atoms with Gasteiger partial charge in [-0.05, 0) is 36.8 Å². The molecular weight excluding hydrogens is 272 g/mol. The Labute approximate surface area is 120 Å². The highest BCUT2D eigenvalue weighted by Gasteiger charge is 2.17. The van der Waals surface area contributed by atoms with Crippen LogP contribution < -0.4 is 4.90 Å². The Morgan fingerprint density at radius 3 is 2.95 bits per heavy atom. The number of amides is 1. The van der Waals surface area contributed by atoms with Gasteiger partial charge in [0.2, 0.25) is 5.91 Å². The molecular formula is C15H14N2O2S. The van der Waals surface area contributed by atoms with Crippen LogP contribution in [0.5, 0.6) is 0 Å². The van der Waals surface area contributed by atoms with E-state index in [0.717, 1.165) is 16.0 Å². The van der Waals surface area contributed by atoms with Crippen LogP contribution in [0.3, 0.4) is 0 Å². The summed E-state index contributed by atoms with van der Waals surface area (Å²) in [5, 5.41) is 0.703. The van der Waals surface area contributed by atoms with E-state index in [1.54, 1.807) is 18.1 Å². The van der Waals surface area contributed by atoms with Crippen LogP contribution in [0.25, 0.3) is 10.2 Å². The quantitative estimate of drug-likeness (QED) is 0.736. The van der Waals surface area contributed by atoms with Crippen LogP contribution in [0, 0.1) is 6.92 Å². The van der Waals surface area contributed by atoms with Crippen molar-refractivity contribution in [2.75, 3.05) is 4.90 Å². The first-order valence-corrected chi connectivity index (χ1v) is 7.13. The SMILES string of the molecule is CC(=O)N(Cc1ccco1)c1nc2ccc(C)cc2s1. The average molecular weight is 286 g/mol. The predicted octanol–water partition coefficient (Wildman–Crippen LogP) is 3.75. The second-order valence-electron chi connectivity index (χ2n) is 4.65. The summed E-state index contributed by atoms with van der Waals surface area (Å²) in [4.78, 5) is 18.0. The second-order valence-corrected chi connectivity index (χ2v) is 5.66. The smallest absolute Gasteiger partial charge is 0.226 e. The standard InChI is InChI=1S/C15H14N2O2S/c1-10-5-6-13-14(8-10)20-15(16-13)17(11(2)18)9-12-4-3-7-19-12/h3-8H,9H2,1-2H3. The summed E-state index contributed by atoms with van der Waals surface area (Å²) in [6.45, 7) is 3.99. The number of rotatable bonds is 3. The Bertz CT molecular complexity index is 746. The van der Waals surface area contributed by atoms with Crippen molar-refractivity contribution in [3.05, 3.63) is 47.9 Å². The van der Waals surface area contributed by atoms with Crippen LogP contribution in [-0.2, 0) is 11.3 Å². The van der Waals surface area contributed by atoms with E-state index in [1.807, 2.05) is 31.2 Å². The largest absolute Gasteiger partial charge is 0.467 e. The molecule has 0 atom stereocenters. The van der Waals surface area contributed by atoms with Gasteiger partial charge in [0.1, 0.15) is 5.76 Å². The maximum Gasteiger partial charge on any atom is 0.226 e. The Hall–Kier alpha value is -2.14. The molecule has 0 aliphatic heterocycles. The fourth-order valence-electron chi connectivity index (χ4n) is 2.01. The van der Waals surface area contributed by atoms with Gasteiger partial charge >= 0.3 is 0 Å². The van der Waals surface area contributed by atoms with Crippen LogP contribution in [0.2, 0.25) is 0 Å². The first-order valence-electron chi connectivity index (χ1n) is 6.31. The molecule has 20 heavy (non-hydrogen) atoms. The molecule has 3 rings (SSSR count). The van der Waals surface area contributed by atoms with Crippen molar-refractivity contribution < 1.29 is 9.21 Å². The number of fused-ring (bicyclic) bond motifs is 1. The molecule has 0 aliphatic carbocycles. The Kier molecular flexibility index (Phi) is 3.28. The van der Waals surface area contributed by atoms with Crippen molar-refractivity contribution in [1.82, 2.24) is 4.98 Å². The van der Waals surface area contributed by atoms with E-state index < -0.39 is 0 Å². The molecule has 102 valence electrons. The zero-order valence-electron chi connectivity index (χ0n) is 11.3. The third-order valence-electron chi connectivity index (χ3n) is 3.04. The molecule has 2 aromatic heterocycles. The number of carbonyl (C=O) groups is 1. The van der Waals surface area contributed by atoms with Gasteiger partial charge in [0.25, 0.3) is 0 Å². The van der Waals surface area contributed by atoms with Crippen molar-refractivity contribution >= 4 is 32.6 Å². The van der Waals surface area contributed by atoms with Gasteiger partial charge in [0, 0.05) is 6.92 Å². The van der Waals surface area contributed by atoms with E-state index >= 15 is 0 Å². The monoisotopic (exact) mass is 286 g/mol. The van der Waals surface area contributed by atoms with Gasteiger partial charge < -0.3 is 4.42 Å². The lowest BCUT2D eigenvalue weighted by atomic mass is 10.2. The van der Waals surface area contributed by atoms with Gasteiger partial charge in [-0.15, -0.1) is 0 Å². The molecule has 3 aromatic rings. The molecule has 2 heterocycles. The molecule has 0 spiro atoms. The van der Waals surface area contributed by atoms with E-state index in [9.17, 15) is 4.79 Å². The number of furan rings is 1. The van der Waals surface area contributed by atoms with Gasteiger partial charge in [-0.3, -0.25) is 9.69 Å². The zero-order chi connectivity index (χ0) is 14.1. The highest BCUT2D eigenvalue weighted by atomic mass is 32.1. The molecule has 0 saturated carbocycles. The number of aryl methyl sites for hydroxylation is 1. The lowest BCUT2D eigenvalue weighted by molar-refractivity contribution is -0.116. The van der Waals surface area contributed by atoms with E-state index in [-0.39, 0.29) is 5.91 Å². The van der Waals surface area contributed by atoms with E-state index in [1.165, 1.54) is 16.9 Å². The molecule has 5 heteroatoms. The summed E-state index contributed by atoms with van der Waals surface area (Å²) in [5.74, 6) is 0.702. The summed E-state index contributed by atoms with van der Waals surface area (Å²) >= 11 is 1.52. The number of benzene rings is 1. The number of hydrogen-bond donors (Lipinski definition) is 0. The molecule has 4 nitrogen and oxygen atoms in total. The Balaban J connectivity index is 1.98. The zero-order valence-corrected chi connectivity index (χ0v) is 12.1. The van der Waals surface area contributed by atoms with Gasteiger partial charge in [-0.2, -0.15) is 0 Å².